The number of alkyl carbamates (subject to hydrolysis) is 1. The maximum atomic E-state index is 11.6. The highest BCUT2D eigenvalue weighted by Gasteiger charge is 2.15. The number of nitrogens with one attached hydrogen (secondary N) is 2. The zero-order chi connectivity index (χ0) is 23.7. The van der Waals surface area contributed by atoms with E-state index in [-0.39, 0.29) is 6.09 Å². The van der Waals surface area contributed by atoms with Crippen LogP contribution in [0.4, 0.5) is 10.5 Å². The van der Waals surface area contributed by atoms with Crippen molar-refractivity contribution >= 4 is 51.1 Å². The molecule has 3 rings (SSSR count). The van der Waals surface area contributed by atoms with Crippen LogP contribution in [0.5, 0.6) is 0 Å². The van der Waals surface area contributed by atoms with Crippen LogP contribution in [0.3, 0.4) is 0 Å². The lowest BCUT2D eigenvalue weighted by Crippen LogP contribution is -2.33. The second-order valence-corrected chi connectivity index (χ2v) is 10.4. The number of aromatic nitrogens is 4. The zero-order valence-electron chi connectivity index (χ0n) is 19.1. The molecule has 0 aliphatic heterocycles. The quantitative estimate of drug-likeness (QED) is 0.185. The smallest absolute Gasteiger partial charge is 0.407 e. The predicted octanol–water partition coefficient (Wildman–Crippen LogP) is 5.02. The van der Waals surface area contributed by atoms with E-state index in [9.17, 15) is 4.79 Å². The second kappa shape index (κ2) is 12.4. The van der Waals surface area contributed by atoms with E-state index in [2.05, 4.69) is 60.1 Å². The number of amides is 1. The summed E-state index contributed by atoms with van der Waals surface area (Å²) in [5.41, 5.74) is 3.70. The molecule has 0 fully saturated rings. The Hall–Kier alpha value is -2.04. The summed E-state index contributed by atoms with van der Waals surface area (Å²) in [4.78, 5) is 11.6. The van der Waals surface area contributed by atoms with Crippen LogP contribution >= 0.6 is 28.4 Å². The molecule has 11 heteroatoms. The fraction of sp³-hybridized carbons (Fsp3) is 0.455. The number of benzene rings is 1. The minimum Gasteiger partial charge on any atom is -0.444 e. The minimum absolute atomic E-state index is 0.380. The third-order valence-electron chi connectivity index (χ3n) is 4.63. The summed E-state index contributed by atoms with van der Waals surface area (Å²) in [6, 6.07) is 6.20. The lowest BCUT2D eigenvalue weighted by atomic mass is 10.1. The highest BCUT2D eigenvalue weighted by atomic mass is 127. The molecule has 2 aromatic heterocycles. The number of nitrogens with zero attached hydrogens (tertiary/aromatic N) is 4. The molecule has 1 aromatic carbocycles. The number of anilines is 1. The van der Waals surface area contributed by atoms with Crippen molar-refractivity contribution in [3.63, 3.8) is 0 Å². The monoisotopic (exact) mass is 584 g/mol. The van der Waals surface area contributed by atoms with Gasteiger partial charge in [-0.05, 0) is 79.4 Å². The van der Waals surface area contributed by atoms with Gasteiger partial charge in [0.15, 0.2) is 0 Å². The number of rotatable bonds is 11. The van der Waals surface area contributed by atoms with Gasteiger partial charge in [-0.1, -0.05) is 0 Å². The predicted molar refractivity (Wildman–Crippen MR) is 141 cm³/mol. The van der Waals surface area contributed by atoms with Gasteiger partial charge in [0.2, 0.25) is 0 Å². The van der Waals surface area contributed by atoms with E-state index in [1.54, 1.807) is 12.4 Å². The van der Waals surface area contributed by atoms with Crippen molar-refractivity contribution in [1.29, 1.82) is 0 Å². The molecule has 0 aliphatic carbocycles. The van der Waals surface area contributed by atoms with E-state index < -0.39 is 5.60 Å². The normalized spacial score (nSPS) is 11.9. The molecule has 1 atom stereocenters. The number of hydrogen-bond acceptors (Lipinski definition) is 7. The summed E-state index contributed by atoms with van der Waals surface area (Å²) in [5.74, 6) is 0. The fourth-order valence-corrected chi connectivity index (χ4v) is 4.69. The first-order valence-corrected chi connectivity index (χ1v) is 14.9. The number of fused-ring (bicyclic) bond motifs is 1. The van der Waals surface area contributed by atoms with Gasteiger partial charge in [0.05, 0.1) is 37.1 Å². The topological polar surface area (TPSA) is 103 Å². The zero-order valence-corrected chi connectivity index (χ0v) is 22.3. The van der Waals surface area contributed by atoms with E-state index in [4.69, 9.17) is 9.47 Å². The first kappa shape index (κ1) is 25.6. The summed E-state index contributed by atoms with van der Waals surface area (Å²) >= 11 is 2.33. The molecule has 0 saturated carbocycles. The minimum atomic E-state index is -0.476. The summed E-state index contributed by atoms with van der Waals surface area (Å²) in [7, 11) is 0. The van der Waals surface area contributed by atoms with Crippen molar-refractivity contribution in [1.82, 2.24) is 25.1 Å². The molecule has 0 saturated heterocycles. The molecule has 2 heterocycles. The van der Waals surface area contributed by atoms with Crippen LogP contribution < -0.4 is 10.6 Å². The Kier molecular flexibility index (Phi) is 9.64. The van der Waals surface area contributed by atoms with Gasteiger partial charge in [0, 0.05) is 36.3 Å². The van der Waals surface area contributed by atoms with Crippen LogP contribution in [-0.2, 0) is 9.47 Å². The number of carbonyl (C=O) groups excluding carboxylic acids is 1. The second-order valence-electron chi connectivity index (χ2n) is 8.40. The Bertz CT molecular complexity index is 1040. The summed E-state index contributed by atoms with van der Waals surface area (Å²) < 4.78 is 13.0. The van der Waals surface area contributed by atoms with Crippen LogP contribution in [0.15, 0.2) is 36.8 Å². The van der Waals surface area contributed by atoms with Gasteiger partial charge in [-0.25, -0.2) is 9.25 Å². The Morgan fingerprint density at radius 1 is 1.12 bits per heavy atom. The third kappa shape index (κ3) is 8.04. The van der Waals surface area contributed by atoms with Crippen molar-refractivity contribution in [2.75, 3.05) is 31.6 Å². The van der Waals surface area contributed by atoms with Gasteiger partial charge in [-0.15, -0.1) is 0 Å². The van der Waals surface area contributed by atoms with Crippen LogP contribution in [0.25, 0.3) is 22.0 Å². The molecule has 0 spiro atoms. The SMILES string of the molecule is CC(C)(C)OC(=O)NCCCCOCCNc1cc(-c2ccnnc2)cc2c1cnn2PI. The van der Waals surface area contributed by atoms with Gasteiger partial charge in [-0.2, -0.15) is 15.3 Å². The molecule has 0 aliphatic rings. The van der Waals surface area contributed by atoms with Crippen LogP contribution in [0.2, 0.25) is 0 Å². The first-order chi connectivity index (χ1) is 15.9. The Morgan fingerprint density at radius 3 is 2.70 bits per heavy atom. The fourth-order valence-electron chi connectivity index (χ4n) is 3.16. The Morgan fingerprint density at radius 2 is 1.97 bits per heavy atom. The van der Waals surface area contributed by atoms with Gasteiger partial charge >= 0.3 is 6.09 Å². The van der Waals surface area contributed by atoms with Crippen LogP contribution in [0, 0.1) is 0 Å². The molecule has 0 bridgehead atoms. The number of halogens is 1. The molecule has 33 heavy (non-hydrogen) atoms. The molecule has 1 unspecified atom stereocenters. The van der Waals surface area contributed by atoms with Crippen molar-refractivity contribution in [3.05, 3.63) is 36.8 Å². The third-order valence-corrected chi connectivity index (χ3v) is 6.52. The van der Waals surface area contributed by atoms with Gasteiger partial charge in [-0.3, -0.25) is 0 Å². The molecule has 9 nitrogen and oxygen atoms in total. The van der Waals surface area contributed by atoms with Crippen molar-refractivity contribution in [3.8, 4) is 11.1 Å². The van der Waals surface area contributed by atoms with E-state index in [1.807, 2.05) is 37.5 Å². The van der Waals surface area contributed by atoms with Crippen LogP contribution in [0.1, 0.15) is 33.6 Å². The van der Waals surface area contributed by atoms with E-state index in [1.165, 1.54) is 0 Å². The summed E-state index contributed by atoms with van der Waals surface area (Å²) in [6.07, 6.45) is 7.20. The highest BCUT2D eigenvalue weighted by molar-refractivity contribution is 14.2. The van der Waals surface area contributed by atoms with E-state index in [0.717, 1.165) is 40.6 Å². The average Bonchev–Trinajstić information content (AvgIpc) is 3.20. The molecular weight excluding hydrogens is 554 g/mol. The number of hydrogen-bond donors (Lipinski definition) is 2. The largest absolute Gasteiger partial charge is 0.444 e. The molecule has 3 aromatic rings. The maximum Gasteiger partial charge on any atom is 0.407 e. The lowest BCUT2D eigenvalue weighted by molar-refractivity contribution is 0.0524. The number of unbranched alkanes of at least 4 members (excludes halogenated alkanes) is 1. The average molecular weight is 584 g/mol. The van der Waals surface area contributed by atoms with Crippen molar-refractivity contribution < 1.29 is 14.3 Å². The molecule has 178 valence electrons. The van der Waals surface area contributed by atoms with Gasteiger partial charge in [0.1, 0.15) is 5.60 Å². The highest BCUT2D eigenvalue weighted by Crippen LogP contribution is 2.35. The molecule has 2 N–H and O–H groups in total. The standard InChI is InChI=1S/C22H30IN6O3P/c1-22(2,3)32-21(30)25-7-4-5-10-31-11-9-24-19-12-17(16-6-8-26-27-14-16)13-20-18(19)15-28-29(20)33-23/h6,8,12-15,24,33H,4-5,7,9-11H2,1-3H3,(H,25,30). The van der Waals surface area contributed by atoms with Gasteiger partial charge in [0.25, 0.3) is 0 Å². The summed E-state index contributed by atoms with van der Waals surface area (Å²) in [5, 5.41) is 19.7. The van der Waals surface area contributed by atoms with Crippen LogP contribution in [-0.4, -0.2) is 57.7 Å². The summed E-state index contributed by atoms with van der Waals surface area (Å²) in [6.45, 7) is 8.04. The Labute approximate surface area is 208 Å². The van der Waals surface area contributed by atoms with Crippen molar-refractivity contribution in [2.45, 2.75) is 39.2 Å². The van der Waals surface area contributed by atoms with Crippen molar-refractivity contribution in [2.24, 2.45) is 0 Å². The molecule has 1 amide bonds. The lowest BCUT2D eigenvalue weighted by Gasteiger charge is -2.19. The Balaban J connectivity index is 1.45. The van der Waals surface area contributed by atoms with Gasteiger partial charge < -0.3 is 20.1 Å². The number of ether oxygens (including phenoxy) is 2. The number of carbonyl (C=O) groups is 1. The molecule has 0 radical (unpaired) electrons. The van der Waals surface area contributed by atoms with E-state index >= 15 is 0 Å². The van der Waals surface area contributed by atoms with E-state index in [0.29, 0.717) is 32.7 Å². The maximum absolute atomic E-state index is 11.6. The first-order valence-electron chi connectivity index (χ1n) is 10.8. The molecular formula is C22H30IN6O3P.